The zero-order valence-corrected chi connectivity index (χ0v) is 17.0. The van der Waals surface area contributed by atoms with Gasteiger partial charge in [-0.05, 0) is 0 Å². The number of hydrogen-bond donors (Lipinski definition) is 0. The van der Waals surface area contributed by atoms with Crippen LogP contribution in [0.25, 0.3) is 11.4 Å². The van der Waals surface area contributed by atoms with Gasteiger partial charge in [-0.2, -0.15) is 0 Å². The van der Waals surface area contributed by atoms with Gasteiger partial charge in [-0.1, -0.05) is 0 Å². The number of aromatic nitrogens is 2. The maximum absolute atomic E-state index is 3.28. The Morgan fingerprint density at radius 2 is 0.875 bits per heavy atom. The van der Waals surface area contributed by atoms with Gasteiger partial charge in [-0.25, -0.2) is 0 Å². The fourth-order valence-corrected chi connectivity index (χ4v) is 4.46. The first-order valence-electron chi connectivity index (χ1n) is 8.26. The molecule has 0 aliphatic carbocycles. The van der Waals surface area contributed by atoms with Crippen LogP contribution in [0.15, 0.2) is 36.7 Å². The van der Waals surface area contributed by atoms with E-state index in [1.165, 1.54) is 44.8 Å². The van der Waals surface area contributed by atoms with Crippen LogP contribution in [-0.2, 0) is 0 Å². The van der Waals surface area contributed by atoms with Crippen LogP contribution in [0, 0.1) is 45.9 Å². The van der Waals surface area contributed by atoms with Gasteiger partial charge < -0.3 is 0 Å². The average Bonchev–Trinajstić information content (AvgIpc) is 2.79. The molecule has 0 fully saturated rings. The quantitative estimate of drug-likeness (QED) is 0.562. The van der Waals surface area contributed by atoms with Crippen molar-refractivity contribution in [1.29, 1.82) is 0 Å². The van der Waals surface area contributed by atoms with Crippen molar-refractivity contribution in [3.05, 3.63) is 74.4 Å². The Balaban J connectivity index is 2.24. The standard InChI is InChI=1S/C21H24N2Se/c1-13-9-15(3)19(16(4)10-13)22-7-8-23(21(22)24)20-17(5)11-14(2)12-18(20)6/h7-12H,1-6H3. The molecule has 0 saturated heterocycles. The summed E-state index contributed by atoms with van der Waals surface area (Å²) in [6.07, 6.45) is 4.30. The van der Waals surface area contributed by atoms with E-state index in [9.17, 15) is 0 Å². The molecule has 0 spiro atoms. The van der Waals surface area contributed by atoms with Crippen molar-refractivity contribution in [2.24, 2.45) is 0 Å². The Bertz CT molecular complexity index is 865. The van der Waals surface area contributed by atoms with Gasteiger partial charge in [0.25, 0.3) is 0 Å². The van der Waals surface area contributed by atoms with E-state index in [0.717, 1.165) is 4.32 Å². The fraction of sp³-hybridized carbons (Fsp3) is 0.286. The molecule has 0 aliphatic heterocycles. The van der Waals surface area contributed by atoms with Crippen LogP contribution in [0.3, 0.4) is 0 Å². The predicted octanol–water partition coefficient (Wildman–Crippen LogP) is 4.82. The molecule has 3 rings (SSSR count). The molecule has 0 amide bonds. The van der Waals surface area contributed by atoms with E-state index in [0.29, 0.717) is 0 Å². The van der Waals surface area contributed by atoms with E-state index in [1.54, 1.807) is 0 Å². The molecule has 124 valence electrons. The van der Waals surface area contributed by atoms with Crippen molar-refractivity contribution in [2.45, 2.75) is 41.5 Å². The number of hydrogen-bond acceptors (Lipinski definition) is 0. The van der Waals surface area contributed by atoms with Crippen LogP contribution in [0.4, 0.5) is 0 Å². The van der Waals surface area contributed by atoms with Gasteiger partial charge in [0.2, 0.25) is 0 Å². The summed E-state index contributed by atoms with van der Waals surface area (Å²) < 4.78 is 5.60. The van der Waals surface area contributed by atoms with Crippen LogP contribution < -0.4 is 0 Å². The Kier molecular flexibility index (Phi) is 4.42. The molecule has 0 atom stereocenters. The molecule has 24 heavy (non-hydrogen) atoms. The van der Waals surface area contributed by atoms with E-state index in [-0.39, 0.29) is 0 Å². The number of imidazole rings is 1. The SMILES string of the molecule is Cc1cc(C)c(-n2ccn(-c3c(C)cc(C)cc3C)c2=[Se])c(C)c1. The minimum atomic E-state index is 1.10. The fourth-order valence-electron chi connectivity index (χ4n) is 3.82. The van der Waals surface area contributed by atoms with E-state index in [4.69, 9.17) is 0 Å². The Morgan fingerprint density at radius 1 is 0.583 bits per heavy atom. The first kappa shape index (κ1) is 17.0. The molecule has 3 aromatic rings. The van der Waals surface area contributed by atoms with E-state index >= 15 is 0 Å². The van der Waals surface area contributed by atoms with Crippen LogP contribution in [0.5, 0.6) is 0 Å². The zero-order valence-electron chi connectivity index (χ0n) is 15.3. The molecular formula is C21H24N2Se. The van der Waals surface area contributed by atoms with Gasteiger partial charge in [0, 0.05) is 0 Å². The summed E-state index contributed by atoms with van der Waals surface area (Å²) in [5, 5.41) is 0. The van der Waals surface area contributed by atoms with Gasteiger partial charge in [-0.15, -0.1) is 0 Å². The third kappa shape index (κ3) is 2.83. The number of aryl methyl sites for hydroxylation is 6. The number of rotatable bonds is 2. The third-order valence-corrected chi connectivity index (χ3v) is 5.35. The second kappa shape index (κ2) is 6.23. The third-order valence-electron chi connectivity index (χ3n) is 4.53. The number of nitrogens with zero attached hydrogens (tertiary/aromatic N) is 2. The molecule has 0 saturated carbocycles. The normalized spacial score (nSPS) is 11.1. The van der Waals surface area contributed by atoms with Gasteiger partial charge in [0.15, 0.2) is 0 Å². The maximum atomic E-state index is 3.28. The average molecular weight is 383 g/mol. The van der Waals surface area contributed by atoms with Gasteiger partial charge in [0.1, 0.15) is 0 Å². The Labute approximate surface area is 152 Å². The first-order chi connectivity index (χ1) is 11.3. The molecular weight excluding hydrogens is 359 g/mol. The molecule has 3 heteroatoms. The minimum absolute atomic E-state index is 1.10. The summed E-state index contributed by atoms with van der Waals surface area (Å²) in [6.45, 7) is 13.0. The second-order valence-electron chi connectivity index (χ2n) is 6.82. The van der Waals surface area contributed by atoms with Crippen LogP contribution >= 0.6 is 0 Å². The topological polar surface area (TPSA) is 9.86 Å². The molecule has 0 bridgehead atoms. The first-order valence-corrected chi connectivity index (χ1v) is 9.11. The van der Waals surface area contributed by atoms with E-state index < -0.39 is 0 Å². The van der Waals surface area contributed by atoms with Crippen molar-refractivity contribution in [3.63, 3.8) is 0 Å². The van der Waals surface area contributed by atoms with Crippen molar-refractivity contribution >= 4 is 15.6 Å². The summed E-state index contributed by atoms with van der Waals surface area (Å²) in [5.74, 6) is 0. The molecule has 2 aromatic carbocycles. The van der Waals surface area contributed by atoms with Crippen molar-refractivity contribution in [1.82, 2.24) is 9.13 Å². The van der Waals surface area contributed by atoms with Crippen molar-refractivity contribution in [2.75, 3.05) is 0 Å². The van der Waals surface area contributed by atoms with Crippen molar-refractivity contribution in [3.8, 4) is 11.4 Å². The Hall–Kier alpha value is -1.83. The molecule has 2 nitrogen and oxygen atoms in total. The van der Waals surface area contributed by atoms with Crippen LogP contribution in [0.1, 0.15) is 33.4 Å². The summed E-state index contributed by atoms with van der Waals surface area (Å²) in [5.41, 5.74) is 10.3. The summed E-state index contributed by atoms with van der Waals surface area (Å²) >= 11 is 3.28. The predicted molar refractivity (Wildman–Crippen MR) is 103 cm³/mol. The molecule has 1 heterocycles. The van der Waals surface area contributed by atoms with Gasteiger partial charge in [0.05, 0.1) is 0 Å². The van der Waals surface area contributed by atoms with Gasteiger partial charge in [-0.3, -0.25) is 0 Å². The zero-order chi connectivity index (χ0) is 17.6. The molecule has 0 aliphatic rings. The van der Waals surface area contributed by atoms with Crippen molar-refractivity contribution < 1.29 is 0 Å². The summed E-state index contributed by atoms with van der Waals surface area (Å²) in [4.78, 5) is 0. The Morgan fingerprint density at radius 3 is 1.17 bits per heavy atom. The monoisotopic (exact) mass is 384 g/mol. The van der Waals surface area contributed by atoms with E-state index in [1.807, 2.05) is 0 Å². The molecule has 0 unspecified atom stereocenters. The molecule has 0 radical (unpaired) electrons. The van der Waals surface area contributed by atoms with Crippen LogP contribution in [0.2, 0.25) is 0 Å². The molecule has 0 N–H and O–H groups in total. The van der Waals surface area contributed by atoms with Gasteiger partial charge >= 0.3 is 152 Å². The number of benzene rings is 2. The molecule has 1 aromatic heterocycles. The van der Waals surface area contributed by atoms with E-state index in [2.05, 4.69) is 103 Å². The summed E-state index contributed by atoms with van der Waals surface area (Å²) in [7, 11) is 0. The second-order valence-corrected chi connectivity index (χ2v) is 7.58. The van der Waals surface area contributed by atoms with Crippen LogP contribution in [-0.4, -0.2) is 24.7 Å². The summed E-state index contributed by atoms with van der Waals surface area (Å²) in [6, 6.07) is 8.98.